The van der Waals surface area contributed by atoms with Crippen LogP contribution in [0.1, 0.15) is 20.8 Å². The van der Waals surface area contributed by atoms with Gasteiger partial charge in [-0.1, -0.05) is 26.8 Å². The van der Waals surface area contributed by atoms with Crippen LogP contribution in [0, 0.1) is 0 Å². The van der Waals surface area contributed by atoms with Crippen molar-refractivity contribution in [3.8, 4) is 0 Å². The van der Waals surface area contributed by atoms with Crippen molar-refractivity contribution in [1.29, 1.82) is 0 Å². The Kier molecular flexibility index (Phi) is 6.35. The molecule has 0 aromatic carbocycles. The van der Waals surface area contributed by atoms with Crippen molar-refractivity contribution in [2.75, 3.05) is 13.7 Å². The van der Waals surface area contributed by atoms with E-state index in [9.17, 15) is 4.79 Å². The zero-order chi connectivity index (χ0) is 14.4. The Morgan fingerprint density at radius 1 is 1.39 bits per heavy atom. The molecule has 5 heteroatoms. The number of hydrogen-bond donors (Lipinski definition) is 0. The predicted octanol–water partition coefficient (Wildman–Crippen LogP) is 3.10. The molecule has 18 heavy (non-hydrogen) atoms. The van der Waals surface area contributed by atoms with Gasteiger partial charge in [0.1, 0.15) is 0 Å². The van der Waals surface area contributed by atoms with E-state index >= 15 is 0 Å². The quantitative estimate of drug-likeness (QED) is 0.245. The highest BCUT2D eigenvalue weighted by atomic mass is 28.4. The van der Waals surface area contributed by atoms with Crippen molar-refractivity contribution >= 4 is 14.3 Å². The van der Waals surface area contributed by atoms with Crippen LogP contribution >= 0.6 is 0 Å². The Balaban J connectivity index is 4.78. The summed E-state index contributed by atoms with van der Waals surface area (Å²) in [7, 11) is -0.566. The molecule has 0 saturated heterocycles. The molecule has 4 nitrogen and oxygen atoms in total. The van der Waals surface area contributed by atoms with E-state index in [1.165, 1.54) is 13.2 Å². The topological polar surface area (TPSA) is 38.8 Å². The van der Waals surface area contributed by atoms with Crippen molar-refractivity contribution in [1.82, 2.24) is 5.06 Å². The molecule has 0 unspecified atom stereocenters. The summed E-state index contributed by atoms with van der Waals surface area (Å²) >= 11 is 0. The van der Waals surface area contributed by atoms with Crippen LogP contribution in [-0.4, -0.2) is 33.0 Å². The average molecular weight is 271 g/mol. The predicted molar refractivity (Wildman–Crippen MR) is 76.3 cm³/mol. The maximum Gasteiger partial charge on any atom is 0.332 e. The van der Waals surface area contributed by atoms with Gasteiger partial charge in [-0.15, -0.1) is 6.58 Å². The zero-order valence-electron chi connectivity index (χ0n) is 12.3. The summed E-state index contributed by atoms with van der Waals surface area (Å²) < 4.78 is 10.6. The van der Waals surface area contributed by atoms with Gasteiger partial charge in [0.15, 0.2) is 0 Å². The van der Waals surface area contributed by atoms with E-state index in [0.29, 0.717) is 6.54 Å². The Morgan fingerprint density at radius 2 is 1.94 bits per heavy atom. The first kappa shape index (κ1) is 16.9. The second-order valence-electron chi connectivity index (χ2n) is 5.58. The Labute approximate surface area is 111 Å². The average Bonchev–Trinajstić information content (AvgIpc) is 2.23. The molecular formula is C13H25NO3Si. The lowest BCUT2D eigenvalue weighted by molar-refractivity contribution is -0.135. The number of carbonyl (C=O) groups is 1. The van der Waals surface area contributed by atoms with Gasteiger partial charge >= 0.3 is 5.97 Å². The van der Waals surface area contributed by atoms with Crippen molar-refractivity contribution in [2.45, 2.75) is 38.9 Å². The molecule has 0 radical (unpaired) electrons. The van der Waals surface area contributed by atoms with E-state index in [4.69, 9.17) is 4.53 Å². The third-order valence-corrected chi connectivity index (χ3v) is 7.34. The second kappa shape index (κ2) is 6.75. The van der Waals surface area contributed by atoms with Crippen molar-refractivity contribution in [3.63, 3.8) is 0 Å². The van der Waals surface area contributed by atoms with Crippen molar-refractivity contribution < 1.29 is 14.1 Å². The molecule has 0 aliphatic rings. The number of carbonyl (C=O) groups excluding carboxylic acids is 1. The standard InChI is InChI=1S/C13H25NO3Si/c1-8-10-14(11-9-12(15)16-5)17-18(6,7)13(2,3)4/h8-9,11H,1,10H2,2-7H3/b11-9+. The van der Waals surface area contributed by atoms with Gasteiger partial charge in [0, 0.05) is 12.3 Å². The van der Waals surface area contributed by atoms with Crippen molar-refractivity contribution in [3.05, 3.63) is 24.9 Å². The van der Waals surface area contributed by atoms with E-state index in [-0.39, 0.29) is 5.04 Å². The van der Waals surface area contributed by atoms with Gasteiger partial charge in [-0.05, 0) is 18.1 Å². The summed E-state index contributed by atoms with van der Waals surface area (Å²) in [6.07, 6.45) is 4.67. The Bertz CT molecular complexity index is 319. The molecule has 0 heterocycles. The third kappa shape index (κ3) is 5.51. The smallest absolute Gasteiger partial charge is 0.332 e. The fraction of sp³-hybridized carbons (Fsp3) is 0.615. The molecule has 0 aromatic rings. The van der Waals surface area contributed by atoms with Crippen LogP contribution in [0.3, 0.4) is 0 Å². The van der Waals surface area contributed by atoms with Crippen LogP contribution in [0.2, 0.25) is 18.1 Å². The van der Waals surface area contributed by atoms with Gasteiger partial charge < -0.3 is 9.26 Å². The summed E-state index contributed by atoms with van der Waals surface area (Å²) in [6, 6.07) is 0. The minimum atomic E-state index is -1.91. The third-order valence-electron chi connectivity index (χ3n) is 3.04. The minimum Gasteiger partial charge on any atom is -0.466 e. The van der Waals surface area contributed by atoms with E-state index in [1.54, 1.807) is 17.3 Å². The summed E-state index contributed by atoms with van der Waals surface area (Å²) in [5.41, 5.74) is 0. The first-order valence-electron chi connectivity index (χ1n) is 5.97. The first-order valence-corrected chi connectivity index (χ1v) is 8.87. The molecule has 0 fully saturated rings. The monoisotopic (exact) mass is 271 g/mol. The number of rotatable bonds is 6. The first-order chi connectivity index (χ1) is 8.14. The normalized spacial score (nSPS) is 12.6. The number of methoxy groups -OCH3 is 1. The Hall–Kier alpha value is -1.07. The molecule has 0 saturated carbocycles. The number of nitrogens with zero attached hydrogens (tertiary/aromatic N) is 1. The van der Waals surface area contributed by atoms with Gasteiger partial charge in [0.05, 0.1) is 13.7 Å². The molecule has 0 aliphatic heterocycles. The van der Waals surface area contributed by atoms with Gasteiger partial charge in [0.25, 0.3) is 0 Å². The summed E-state index contributed by atoms with van der Waals surface area (Å²) in [5.74, 6) is -0.400. The minimum absolute atomic E-state index is 0.103. The Morgan fingerprint density at radius 3 is 2.33 bits per heavy atom. The lowest BCUT2D eigenvalue weighted by Gasteiger charge is -2.39. The molecule has 0 rings (SSSR count). The second-order valence-corrected chi connectivity index (χ2v) is 10.3. The maximum atomic E-state index is 11.1. The molecule has 0 amide bonds. The molecule has 0 bridgehead atoms. The molecule has 104 valence electrons. The van der Waals surface area contributed by atoms with Crippen molar-refractivity contribution in [2.24, 2.45) is 0 Å². The zero-order valence-corrected chi connectivity index (χ0v) is 13.3. The number of esters is 1. The number of hydrogen-bond acceptors (Lipinski definition) is 4. The van der Waals surface area contributed by atoms with Crippen LogP contribution in [0.4, 0.5) is 0 Å². The fourth-order valence-electron chi connectivity index (χ4n) is 0.898. The van der Waals surface area contributed by atoms with Gasteiger partial charge in [-0.2, -0.15) is 0 Å². The number of ether oxygens (including phenoxy) is 1. The molecule has 0 spiro atoms. The SMILES string of the molecule is C=CCN(/C=C/C(=O)OC)O[Si](C)(C)C(C)(C)C. The van der Waals surface area contributed by atoms with E-state index in [1.807, 2.05) is 0 Å². The highest BCUT2D eigenvalue weighted by molar-refractivity contribution is 6.74. The van der Waals surface area contributed by atoms with Gasteiger partial charge in [-0.25, -0.2) is 4.79 Å². The van der Waals surface area contributed by atoms with Gasteiger partial charge in [0.2, 0.25) is 8.32 Å². The number of hydroxylamine groups is 2. The molecule has 0 aliphatic carbocycles. The fourth-order valence-corrected chi connectivity index (χ4v) is 1.89. The highest BCUT2D eigenvalue weighted by Gasteiger charge is 2.39. The molecule has 0 atom stereocenters. The highest BCUT2D eigenvalue weighted by Crippen LogP contribution is 2.37. The van der Waals surface area contributed by atoms with Crippen LogP contribution < -0.4 is 0 Å². The lowest BCUT2D eigenvalue weighted by atomic mass is 10.2. The van der Waals surface area contributed by atoms with E-state index in [2.05, 4.69) is 45.2 Å². The van der Waals surface area contributed by atoms with E-state index < -0.39 is 14.3 Å². The maximum absolute atomic E-state index is 11.1. The molecular weight excluding hydrogens is 246 g/mol. The lowest BCUT2D eigenvalue weighted by Crippen LogP contribution is -2.45. The largest absolute Gasteiger partial charge is 0.466 e. The van der Waals surface area contributed by atoms with Gasteiger partial charge in [-0.3, -0.25) is 5.06 Å². The molecule has 0 N–H and O–H groups in total. The van der Waals surface area contributed by atoms with Crippen LogP contribution in [0.5, 0.6) is 0 Å². The summed E-state index contributed by atoms with van der Waals surface area (Å²) in [6.45, 7) is 15.0. The summed E-state index contributed by atoms with van der Waals surface area (Å²) in [5, 5.41) is 1.74. The van der Waals surface area contributed by atoms with Crippen LogP contribution in [0.25, 0.3) is 0 Å². The van der Waals surface area contributed by atoms with E-state index in [0.717, 1.165) is 0 Å². The molecule has 0 aromatic heterocycles. The summed E-state index contributed by atoms with van der Waals surface area (Å²) in [4.78, 5) is 11.1. The van der Waals surface area contributed by atoms with Crippen LogP contribution in [-0.2, 0) is 14.1 Å². The van der Waals surface area contributed by atoms with Crippen LogP contribution in [0.15, 0.2) is 24.9 Å².